The first-order valence-corrected chi connectivity index (χ1v) is 6.19. The molecule has 0 saturated carbocycles. The average molecular weight is 264 g/mol. The summed E-state index contributed by atoms with van der Waals surface area (Å²) in [4.78, 5) is 24.3. The van der Waals surface area contributed by atoms with Gasteiger partial charge in [-0.2, -0.15) is 0 Å². The van der Waals surface area contributed by atoms with E-state index in [2.05, 4.69) is 0 Å². The predicted molar refractivity (Wildman–Crippen MR) is 74.2 cm³/mol. The van der Waals surface area contributed by atoms with Gasteiger partial charge in [0.15, 0.2) is 0 Å². The molecule has 104 valence electrons. The van der Waals surface area contributed by atoms with Gasteiger partial charge in [-0.25, -0.2) is 4.79 Å². The third kappa shape index (κ3) is 4.06. The molecule has 0 spiro atoms. The third-order valence-corrected chi connectivity index (χ3v) is 2.87. The quantitative estimate of drug-likeness (QED) is 0.848. The maximum absolute atomic E-state index is 12.1. The van der Waals surface area contributed by atoms with Crippen LogP contribution in [0.2, 0.25) is 0 Å². The van der Waals surface area contributed by atoms with E-state index in [1.54, 1.807) is 19.2 Å². The summed E-state index contributed by atoms with van der Waals surface area (Å²) < 4.78 is 0. The van der Waals surface area contributed by atoms with Crippen LogP contribution < -0.4 is 10.6 Å². The van der Waals surface area contributed by atoms with Gasteiger partial charge in [-0.3, -0.25) is 4.79 Å². The Morgan fingerprint density at radius 1 is 1.26 bits per heavy atom. The van der Waals surface area contributed by atoms with Crippen molar-refractivity contribution in [2.24, 2.45) is 11.7 Å². The van der Waals surface area contributed by atoms with Gasteiger partial charge in [0.2, 0.25) is 5.91 Å². The molecule has 1 amide bonds. The molecule has 1 aromatic carbocycles. The number of aromatic carboxylic acids is 1. The van der Waals surface area contributed by atoms with E-state index < -0.39 is 12.0 Å². The SMILES string of the molecule is CC(C)C[C@@H](N)C(=O)N(C)c1ccc(C(=O)O)cc1. The van der Waals surface area contributed by atoms with E-state index in [4.69, 9.17) is 10.8 Å². The van der Waals surface area contributed by atoms with Crippen LogP contribution in [-0.2, 0) is 4.79 Å². The lowest BCUT2D eigenvalue weighted by atomic mass is 10.0. The number of hydrogen-bond acceptors (Lipinski definition) is 3. The lowest BCUT2D eigenvalue weighted by molar-refractivity contribution is -0.119. The van der Waals surface area contributed by atoms with Crippen molar-refractivity contribution < 1.29 is 14.7 Å². The van der Waals surface area contributed by atoms with Gasteiger partial charge in [-0.15, -0.1) is 0 Å². The molecule has 3 N–H and O–H groups in total. The first kappa shape index (κ1) is 15.2. The maximum atomic E-state index is 12.1. The number of carbonyl (C=O) groups excluding carboxylic acids is 1. The maximum Gasteiger partial charge on any atom is 0.335 e. The first-order chi connectivity index (χ1) is 8.82. The lowest BCUT2D eigenvalue weighted by Crippen LogP contribution is -2.42. The number of carbonyl (C=O) groups is 2. The van der Waals surface area contributed by atoms with Gasteiger partial charge in [0.05, 0.1) is 11.6 Å². The van der Waals surface area contributed by atoms with E-state index in [1.807, 2.05) is 13.8 Å². The average Bonchev–Trinajstić information content (AvgIpc) is 2.36. The highest BCUT2D eigenvalue weighted by atomic mass is 16.4. The molecule has 5 heteroatoms. The van der Waals surface area contributed by atoms with E-state index in [9.17, 15) is 9.59 Å². The zero-order valence-corrected chi connectivity index (χ0v) is 11.5. The molecule has 0 saturated heterocycles. The van der Waals surface area contributed by atoms with Gasteiger partial charge in [0.25, 0.3) is 0 Å². The zero-order chi connectivity index (χ0) is 14.6. The molecule has 0 aliphatic carbocycles. The molecule has 0 heterocycles. The van der Waals surface area contributed by atoms with Gasteiger partial charge in [-0.05, 0) is 36.6 Å². The first-order valence-electron chi connectivity index (χ1n) is 6.19. The highest BCUT2D eigenvalue weighted by Crippen LogP contribution is 2.16. The van der Waals surface area contributed by atoms with Crippen molar-refractivity contribution in [3.63, 3.8) is 0 Å². The summed E-state index contributed by atoms with van der Waals surface area (Å²) in [5, 5.41) is 8.81. The number of nitrogens with two attached hydrogens (primary N) is 1. The molecular weight excluding hydrogens is 244 g/mol. The van der Waals surface area contributed by atoms with Crippen molar-refractivity contribution in [2.75, 3.05) is 11.9 Å². The Balaban J connectivity index is 2.79. The van der Waals surface area contributed by atoms with Gasteiger partial charge in [-0.1, -0.05) is 13.8 Å². The number of hydrogen-bond donors (Lipinski definition) is 2. The summed E-state index contributed by atoms with van der Waals surface area (Å²) in [5.41, 5.74) is 6.67. The number of carboxylic acids is 1. The monoisotopic (exact) mass is 264 g/mol. The fourth-order valence-electron chi connectivity index (χ4n) is 1.81. The Hall–Kier alpha value is -1.88. The van der Waals surface area contributed by atoms with Crippen LogP contribution >= 0.6 is 0 Å². The van der Waals surface area contributed by atoms with Crippen molar-refractivity contribution in [3.05, 3.63) is 29.8 Å². The fourth-order valence-corrected chi connectivity index (χ4v) is 1.81. The zero-order valence-electron chi connectivity index (χ0n) is 11.5. The van der Waals surface area contributed by atoms with Crippen LogP contribution in [0.3, 0.4) is 0 Å². The Morgan fingerprint density at radius 3 is 2.21 bits per heavy atom. The Bertz CT molecular complexity index is 454. The second-order valence-electron chi connectivity index (χ2n) is 4.99. The summed E-state index contributed by atoms with van der Waals surface area (Å²) in [6.45, 7) is 4.02. The smallest absolute Gasteiger partial charge is 0.335 e. The van der Waals surface area contributed by atoms with Crippen LogP contribution in [0, 0.1) is 5.92 Å². The summed E-state index contributed by atoms with van der Waals surface area (Å²) in [6.07, 6.45) is 0.621. The number of carboxylic acid groups (broad SMARTS) is 1. The van der Waals surface area contributed by atoms with Crippen LogP contribution in [0.15, 0.2) is 24.3 Å². The molecule has 1 rings (SSSR count). The van der Waals surface area contributed by atoms with Crippen LogP contribution in [0.5, 0.6) is 0 Å². The van der Waals surface area contributed by atoms with Crippen LogP contribution in [-0.4, -0.2) is 30.1 Å². The highest BCUT2D eigenvalue weighted by molar-refractivity contribution is 5.97. The lowest BCUT2D eigenvalue weighted by Gasteiger charge is -2.22. The minimum Gasteiger partial charge on any atom is -0.478 e. The highest BCUT2D eigenvalue weighted by Gasteiger charge is 2.20. The molecule has 0 aromatic heterocycles. The second kappa shape index (κ2) is 6.33. The number of nitrogens with zero attached hydrogens (tertiary/aromatic N) is 1. The number of anilines is 1. The van der Waals surface area contributed by atoms with Gasteiger partial charge < -0.3 is 15.7 Å². The standard InChI is InChI=1S/C14H20N2O3/c1-9(2)8-12(15)13(17)16(3)11-6-4-10(5-7-11)14(18)19/h4-7,9,12H,8,15H2,1-3H3,(H,18,19)/t12-/m1/s1. The molecular formula is C14H20N2O3. The van der Waals surface area contributed by atoms with Gasteiger partial charge in [0.1, 0.15) is 0 Å². The molecule has 19 heavy (non-hydrogen) atoms. The van der Waals surface area contributed by atoms with E-state index in [0.29, 0.717) is 18.0 Å². The van der Waals surface area contributed by atoms with Crippen molar-refractivity contribution >= 4 is 17.6 Å². The summed E-state index contributed by atoms with van der Waals surface area (Å²) in [5.74, 6) is -0.810. The van der Waals surface area contributed by atoms with E-state index in [-0.39, 0.29) is 11.5 Å². The van der Waals surface area contributed by atoms with E-state index >= 15 is 0 Å². The molecule has 1 aromatic rings. The Kier molecular flexibility index (Phi) is 5.06. The van der Waals surface area contributed by atoms with Crippen LogP contribution in [0.1, 0.15) is 30.6 Å². The van der Waals surface area contributed by atoms with Crippen molar-refractivity contribution in [1.82, 2.24) is 0 Å². The normalized spacial score (nSPS) is 12.3. The largest absolute Gasteiger partial charge is 0.478 e. The topological polar surface area (TPSA) is 83.6 Å². The van der Waals surface area contributed by atoms with Crippen molar-refractivity contribution in [3.8, 4) is 0 Å². The fraction of sp³-hybridized carbons (Fsp3) is 0.429. The van der Waals surface area contributed by atoms with E-state index in [1.165, 1.54) is 17.0 Å². The van der Waals surface area contributed by atoms with Crippen molar-refractivity contribution in [1.29, 1.82) is 0 Å². The van der Waals surface area contributed by atoms with Gasteiger partial charge >= 0.3 is 5.97 Å². The summed E-state index contributed by atoms with van der Waals surface area (Å²) in [6, 6.07) is 5.60. The molecule has 5 nitrogen and oxygen atoms in total. The Morgan fingerprint density at radius 2 is 1.79 bits per heavy atom. The molecule has 0 unspecified atom stereocenters. The molecule has 0 aliphatic heterocycles. The van der Waals surface area contributed by atoms with Crippen molar-refractivity contribution in [2.45, 2.75) is 26.3 Å². The second-order valence-corrected chi connectivity index (χ2v) is 4.99. The number of benzene rings is 1. The number of rotatable bonds is 5. The molecule has 1 atom stereocenters. The van der Waals surface area contributed by atoms with E-state index in [0.717, 1.165) is 0 Å². The number of amides is 1. The predicted octanol–water partition coefficient (Wildman–Crippen LogP) is 1.72. The Labute approximate surface area is 113 Å². The van der Waals surface area contributed by atoms with Crippen LogP contribution in [0.25, 0.3) is 0 Å². The molecule has 0 fully saturated rings. The summed E-state index contributed by atoms with van der Waals surface area (Å²) >= 11 is 0. The molecule has 0 radical (unpaired) electrons. The third-order valence-electron chi connectivity index (χ3n) is 2.87. The molecule has 0 aliphatic rings. The van der Waals surface area contributed by atoms with Gasteiger partial charge in [0, 0.05) is 12.7 Å². The minimum absolute atomic E-state index is 0.170. The number of likely N-dealkylation sites (N-methyl/N-ethyl adjacent to an activating group) is 1. The van der Waals surface area contributed by atoms with Crippen LogP contribution in [0.4, 0.5) is 5.69 Å². The minimum atomic E-state index is -0.989. The molecule has 0 bridgehead atoms. The summed E-state index contributed by atoms with van der Waals surface area (Å²) in [7, 11) is 1.64.